The number of carbonyl (C=O) groups is 4. The van der Waals surface area contributed by atoms with Crippen LogP contribution in [0.25, 0.3) is 0 Å². The van der Waals surface area contributed by atoms with Crippen LogP contribution in [0.2, 0.25) is 5.02 Å². The Morgan fingerprint density at radius 2 is 1.69 bits per heavy atom. The van der Waals surface area contributed by atoms with Crippen LogP contribution in [0.3, 0.4) is 0 Å². The zero-order valence-electron chi connectivity index (χ0n) is 21.3. The largest absolute Gasteiger partial charge is 0.329 e. The number of imide groups is 1. The Kier molecular flexibility index (Phi) is 6.73. The highest BCUT2D eigenvalue weighted by atomic mass is 35.5. The van der Waals surface area contributed by atoms with Gasteiger partial charge in [-0.25, -0.2) is 4.90 Å². The van der Waals surface area contributed by atoms with Gasteiger partial charge in [0.2, 0.25) is 17.7 Å². The fourth-order valence-corrected chi connectivity index (χ4v) is 5.58. The molecular weight excluding hydrogens is 478 g/mol. The molecule has 1 atom stereocenters. The summed E-state index contributed by atoms with van der Waals surface area (Å²) in [6.07, 6.45) is 0.449. The van der Waals surface area contributed by atoms with Crippen molar-refractivity contribution in [2.75, 3.05) is 16.8 Å². The Morgan fingerprint density at radius 1 is 1.06 bits per heavy atom. The summed E-state index contributed by atoms with van der Waals surface area (Å²) in [5, 5.41) is 3.28. The summed E-state index contributed by atoms with van der Waals surface area (Å²) in [5.41, 5.74) is 1.53. The molecule has 1 saturated heterocycles. The second-order valence-electron chi connectivity index (χ2n) is 10.8. The molecule has 1 N–H and O–H groups in total. The maximum atomic E-state index is 13.8. The standard InChI is InChI=1S/C28H32ClN3O4/c1-17(33)30-20-9-11-21(12-10-20)32-23(34)16-22(25(32)35)31(14-13-18-7-6-8-19(29)15-18)26(36)24-27(2,3)28(24,4)5/h6-12,15,22,24H,13-14,16H2,1-5H3,(H,30,33). The summed E-state index contributed by atoms with van der Waals surface area (Å²) in [5.74, 6) is -1.31. The Hall–Kier alpha value is -3.19. The molecule has 190 valence electrons. The third-order valence-corrected chi connectivity index (χ3v) is 8.26. The minimum Gasteiger partial charge on any atom is -0.329 e. The molecule has 0 aromatic heterocycles. The van der Waals surface area contributed by atoms with Crippen LogP contribution >= 0.6 is 11.6 Å². The van der Waals surface area contributed by atoms with Crippen LogP contribution in [0, 0.1) is 16.7 Å². The quantitative estimate of drug-likeness (QED) is 0.549. The second-order valence-corrected chi connectivity index (χ2v) is 11.2. The first kappa shape index (κ1) is 25.9. The van der Waals surface area contributed by atoms with Crippen molar-refractivity contribution >= 4 is 46.6 Å². The number of nitrogens with zero attached hydrogens (tertiary/aromatic N) is 2. The van der Waals surface area contributed by atoms with E-state index in [-0.39, 0.29) is 40.9 Å². The molecular formula is C28H32ClN3O4. The minimum atomic E-state index is -0.869. The lowest BCUT2D eigenvalue weighted by atomic mass is 10.0. The average molecular weight is 510 g/mol. The van der Waals surface area contributed by atoms with Gasteiger partial charge in [0, 0.05) is 30.1 Å². The summed E-state index contributed by atoms with van der Waals surface area (Å²) >= 11 is 6.14. The van der Waals surface area contributed by atoms with E-state index in [0.29, 0.717) is 29.4 Å². The van der Waals surface area contributed by atoms with Crippen molar-refractivity contribution in [3.8, 4) is 0 Å². The molecule has 2 aliphatic rings. The Labute approximate surface area is 216 Å². The first-order valence-electron chi connectivity index (χ1n) is 12.1. The molecule has 1 aliphatic heterocycles. The van der Waals surface area contributed by atoms with Crippen molar-refractivity contribution in [2.45, 2.75) is 53.5 Å². The van der Waals surface area contributed by atoms with Gasteiger partial charge < -0.3 is 10.2 Å². The van der Waals surface area contributed by atoms with E-state index >= 15 is 0 Å². The van der Waals surface area contributed by atoms with Gasteiger partial charge in [-0.3, -0.25) is 19.2 Å². The number of hydrogen-bond acceptors (Lipinski definition) is 4. The highest BCUT2D eigenvalue weighted by Crippen LogP contribution is 2.69. The number of benzene rings is 2. The molecule has 7 nitrogen and oxygen atoms in total. The minimum absolute atomic E-state index is 0.0683. The van der Waals surface area contributed by atoms with Gasteiger partial charge in [-0.2, -0.15) is 0 Å². The van der Waals surface area contributed by atoms with E-state index in [2.05, 4.69) is 33.0 Å². The van der Waals surface area contributed by atoms with Gasteiger partial charge in [-0.05, 0) is 59.2 Å². The molecule has 0 bridgehead atoms. The Balaban J connectivity index is 1.60. The number of halogens is 1. The third-order valence-electron chi connectivity index (χ3n) is 8.03. The van der Waals surface area contributed by atoms with Crippen molar-refractivity contribution in [1.29, 1.82) is 0 Å². The topological polar surface area (TPSA) is 86.8 Å². The lowest BCUT2D eigenvalue weighted by Gasteiger charge is -2.29. The molecule has 0 radical (unpaired) electrons. The van der Waals surface area contributed by atoms with Crippen LogP contribution in [0.15, 0.2) is 48.5 Å². The second kappa shape index (κ2) is 9.36. The van der Waals surface area contributed by atoms with Gasteiger partial charge in [-0.1, -0.05) is 51.4 Å². The average Bonchev–Trinajstić information content (AvgIpc) is 3.02. The van der Waals surface area contributed by atoms with Gasteiger partial charge in [0.1, 0.15) is 6.04 Å². The monoisotopic (exact) mass is 509 g/mol. The van der Waals surface area contributed by atoms with Crippen molar-refractivity contribution in [3.63, 3.8) is 0 Å². The highest BCUT2D eigenvalue weighted by Gasteiger charge is 2.69. The summed E-state index contributed by atoms with van der Waals surface area (Å²) in [4.78, 5) is 54.5. The van der Waals surface area contributed by atoms with Crippen molar-refractivity contribution in [1.82, 2.24) is 4.90 Å². The normalized spacial score (nSPS) is 20.4. The third kappa shape index (κ3) is 4.64. The molecule has 2 aromatic carbocycles. The van der Waals surface area contributed by atoms with Crippen molar-refractivity contribution < 1.29 is 19.2 Å². The summed E-state index contributed by atoms with van der Waals surface area (Å²) in [6, 6.07) is 13.1. The maximum absolute atomic E-state index is 13.8. The van der Waals surface area contributed by atoms with Crippen LogP contribution in [0.4, 0.5) is 11.4 Å². The van der Waals surface area contributed by atoms with Gasteiger partial charge in [-0.15, -0.1) is 0 Å². The van der Waals surface area contributed by atoms with E-state index in [1.165, 1.54) is 6.92 Å². The Bertz CT molecular complexity index is 1210. The lowest BCUT2D eigenvalue weighted by molar-refractivity contribution is -0.140. The van der Waals surface area contributed by atoms with E-state index in [1.807, 2.05) is 18.2 Å². The molecule has 2 aromatic rings. The molecule has 0 spiro atoms. The number of amides is 4. The molecule has 1 heterocycles. The van der Waals surface area contributed by atoms with Crippen molar-refractivity contribution in [2.24, 2.45) is 16.7 Å². The van der Waals surface area contributed by atoms with E-state index in [4.69, 9.17) is 11.6 Å². The lowest BCUT2D eigenvalue weighted by Crippen LogP contribution is -2.47. The van der Waals surface area contributed by atoms with Gasteiger partial charge in [0.05, 0.1) is 12.1 Å². The van der Waals surface area contributed by atoms with E-state index in [0.717, 1.165) is 10.5 Å². The zero-order valence-corrected chi connectivity index (χ0v) is 22.1. The summed E-state index contributed by atoms with van der Waals surface area (Å²) in [7, 11) is 0. The molecule has 4 amide bonds. The zero-order chi connectivity index (χ0) is 26.4. The van der Waals surface area contributed by atoms with Gasteiger partial charge in [0.25, 0.3) is 5.91 Å². The van der Waals surface area contributed by atoms with Crippen LogP contribution in [-0.4, -0.2) is 41.1 Å². The number of hydrogen-bond donors (Lipinski definition) is 1. The first-order valence-corrected chi connectivity index (χ1v) is 12.5. The highest BCUT2D eigenvalue weighted by molar-refractivity contribution is 6.30. The smallest absolute Gasteiger partial charge is 0.257 e. The summed E-state index contributed by atoms with van der Waals surface area (Å²) < 4.78 is 0. The maximum Gasteiger partial charge on any atom is 0.257 e. The Morgan fingerprint density at radius 3 is 2.25 bits per heavy atom. The predicted octanol–water partition coefficient (Wildman–Crippen LogP) is 4.68. The molecule has 2 fully saturated rings. The summed E-state index contributed by atoms with van der Waals surface area (Å²) in [6.45, 7) is 9.97. The van der Waals surface area contributed by atoms with Crippen LogP contribution in [0.5, 0.6) is 0 Å². The molecule has 8 heteroatoms. The predicted molar refractivity (Wildman–Crippen MR) is 140 cm³/mol. The molecule has 1 unspecified atom stereocenters. The van der Waals surface area contributed by atoms with Gasteiger partial charge >= 0.3 is 0 Å². The number of carbonyl (C=O) groups excluding carboxylic acids is 4. The van der Waals surface area contributed by atoms with Crippen LogP contribution < -0.4 is 10.2 Å². The van der Waals surface area contributed by atoms with Crippen LogP contribution in [0.1, 0.15) is 46.6 Å². The first-order chi connectivity index (χ1) is 16.8. The van der Waals surface area contributed by atoms with Gasteiger partial charge in [0.15, 0.2) is 0 Å². The van der Waals surface area contributed by atoms with E-state index in [1.54, 1.807) is 35.2 Å². The molecule has 1 aliphatic carbocycles. The molecule has 36 heavy (non-hydrogen) atoms. The fourth-order valence-electron chi connectivity index (χ4n) is 5.37. The SMILES string of the molecule is CC(=O)Nc1ccc(N2C(=O)CC(N(CCc3cccc(Cl)c3)C(=O)C3C(C)(C)C3(C)C)C2=O)cc1. The van der Waals surface area contributed by atoms with E-state index < -0.39 is 11.9 Å². The van der Waals surface area contributed by atoms with E-state index in [9.17, 15) is 19.2 Å². The number of rotatable bonds is 7. The van der Waals surface area contributed by atoms with Crippen LogP contribution in [-0.2, 0) is 25.6 Å². The fraction of sp³-hybridized carbons (Fsp3) is 0.429. The molecule has 1 saturated carbocycles. The molecule has 4 rings (SSSR count). The number of nitrogens with one attached hydrogen (secondary N) is 1. The van der Waals surface area contributed by atoms with Crippen molar-refractivity contribution in [3.05, 3.63) is 59.1 Å². The number of anilines is 2.